The first kappa shape index (κ1) is 16.4. The summed E-state index contributed by atoms with van der Waals surface area (Å²) in [4.78, 5) is 11.1. The Labute approximate surface area is 133 Å². The molecule has 0 radical (unpaired) electrons. The van der Waals surface area contributed by atoms with Crippen molar-refractivity contribution < 1.29 is 9.53 Å². The number of benzene rings is 1. The van der Waals surface area contributed by atoms with E-state index >= 15 is 0 Å². The second-order valence-electron chi connectivity index (χ2n) is 5.93. The van der Waals surface area contributed by atoms with Gasteiger partial charge in [0.15, 0.2) is 0 Å². The Morgan fingerprint density at radius 3 is 2.55 bits per heavy atom. The number of hydrogen-bond acceptors (Lipinski definition) is 2. The second kappa shape index (κ2) is 8.44. The Bertz CT molecular complexity index is 552. The third-order valence-electron chi connectivity index (χ3n) is 4.20. The second-order valence-corrected chi connectivity index (χ2v) is 5.93. The van der Waals surface area contributed by atoms with E-state index in [9.17, 15) is 4.79 Å². The van der Waals surface area contributed by atoms with Gasteiger partial charge in [-0.05, 0) is 55.9 Å². The smallest absolute Gasteiger partial charge is 0.335 e. The van der Waals surface area contributed by atoms with Crippen molar-refractivity contribution in [2.45, 2.75) is 45.4 Å². The van der Waals surface area contributed by atoms with Crippen molar-refractivity contribution >= 4 is 5.97 Å². The van der Waals surface area contributed by atoms with Gasteiger partial charge >= 0.3 is 5.97 Å². The zero-order valence-electron chi connectivity index (χ0n) is 13.3. The molecule has 116 valence electrons. The lowest BCUT2D eigenvalue weighted by Crippen LogP contribution is -2.13. The summed E-state index contributed by atoms with van der Waals surface area (Å²) in [5.41, 5.74) is 0.967. The van der Waals surface area contributed by atoms with E-state index < -0.39 is 5.97 Å². The van der Waals surface area contributed by atoms with Crippen molar-refractivity contribution in [2.75, 3.05) is 0 Å². The van der Waals surface area contributed by atoms with Crippen LogP contribution < -0.4 is 4.74 Å². The molecule has 0 atom stereocenters. The lowest BCUT2D eigenvalue weighted by molar-refractivity contribution is -0.128. The molecule has 0 spiro atoms. The van der Waals surface area contributed by atoms with E-state index in [0.717, 1.165) is 17.6 Å². The quantitative estimate of drug-likeness (QED) is 0.347. The summed E-state index contributed by atoms with van der Waals surface area (Å²) in [6, 6.07) is 7.32. The fraction of sp³-hybridized carbons (Fsp3) is 0.450. The van der Waals surface area contributed by atoms with E-state index in [-0.39, 0.29) is 0 Å². The molecule has 1 saturated carbocycles. The van der Waals surface area contributed by atoms with Crippen LogP contribution in [0.15, 0.2) is 36.9 Å². The summed E-state index contributed by atoms with van der Waals surface area (Å²) in [6.07, 6.45) is 8.92. The molecule has 0 aliphatic heterocycles. The normalized spacial score (nSPS) is 20.6. The van der Waals surface area contributed by atoms with Gasteiger partial charge in [0.25, 0.3) is 0 Å². The highest BCUT2D eigenvalue weighted by Crippen LogP contribution is 2.31. The highest BCUT2D eigenvalue weighted by molar-refractivity contribution is 5.83. The first-order valence-corrected chi connectivity index (χ1v) is 8.17. The van der Waals surface area contributed by atoms with Gasteiger partial charge in [-0.2, -0.15) is 0 Å². The fourth-order valence-electron chi connectivity index (χ4n) is 2.95. The predicted octanol–water partition coefficient (Wildman–Crippen LogP) is 4.74. The van der Waals surface area contributed by atoms with Crippen molar-refractivity contribution in [1.29, 1.82) is 0 Å². The van der Waals surface area contributed by atoms with E-state index in [1.165, 1.54) is 38.5 Å². The topological polar surface area (TPSA) is 26.3 Å². The molecule has 1 aromatic rings. The zero-order chi connectivity index (χ0) is 15.8. The predicted molar refractivity (Wildman–Crippen MR) is 89.5 cm³/mol. The molecule has 22 heavy (non-hydrogen) atoms. The SMILES string of the molecule is C=CC(=O)Oc1ccc(C#CC2CCC(CCC)CC2)cc1. The standard InChI is InChI=1S/C20H24O2/c1-3-5-16-6-8-17(9-7-16)10-11-18-12-14-19(15-13-18)22-20(21)4-2/h4,12-17H,2-3,5-9H2,1H3. The van der Waals surface area contributed by atoms with Crippen molar-refractivity contribution in [3.8, 4) is 17.6 Å². The first-order chi connectivity index (χ1) is 10.7. The van der Waals surface area contributed by atoms with Crippen LogP contribution in [-0.4, -0.2) is 5.97 Å². The molecule has 1 aromatic carbocycles. The van der Waals surface area contributed by atoms with Gasteiger partial charge in [0.2, 0.25) is 0 Å². The van der Waals surface area contributed by atoms with Crippen LogP contribution >= 0.6 is 0 Å². The number of carbonyl (C=O) groups excluding carboxylic acids is 1. The average Bonchev–Trinajstić information content (AvgIpc) is 2.56. The molecule has 0 amide bonds. The summed E-state index contributed by atoms with van der Waals surface area (Å²) >= 11 is 0. The highest BCUT2D eigenvalue weighted by Gasteiger charge is 2.18. The Kier molecular flexibility index (Phi) is 6.27. The molecule has 0 saturated heterocycles. The minimum atomic E-state index is -0.442. The summed E-state index contributed by atoms with van der Waals surface area (Å²) in [5.74, 6) is 8.18. The Balaban J connectivity index is 1.87. The Morgan fingerprint density at radius 2 is 1.95 bits per heavy atom. The molecule has 2 nitrogen and oxygen atoms in total. The molecule has 2 heteroatoms. The molecule has 1 aliphatic carbocycles. The van der Waals surface area contributed by atoms with Gasteiger partial charge in [-0.3, -0.25) is 0 Å². The maximum Gasteiger partial charge on any atom is 0.335 e. The van der Waals surface area contributed by atoms with Crippen molar-refractivity contribution in [2.24, 2.45) is 11.8 Å². The van der Waals surface area contributed by atoms with Crippen LogP contribution in [0.2, 0.25) is 0 Å². The lowest BCUT2D eigenvalue weighted by atomic mass is 9.80. The molecule has 1 aliphatic rings. The highest BCUT2D eigenvalue weighted by atomic mass is 16.5. The van der Waals surface area contributed by atoms with Gasteiger partial charge < -0.3 is 4.74 Å². The molecular formula is C20H24O2. The molecule has 0 N–H and O–H groups in total. The zero-order valence-corrected chi connectivity index (χ0v) is 13.3. The van der Waals surface area contributed by atoms with E-state index in [1.807, 2.05) is 12.1 Å². The van der Waals surface area contributed by atoms with Crippen molar-refractivity contribution in [3.05, 3.63) is 42.5 Å². The summed E-state index contributed by atoms with van der Waals surface area (Å²) in [5, 5.41) is 0. The van der Waals surface area contributed by atoms with Crippen LogP contribution in [0.1, 0.15) is 51.0 Å². The first-order valence-electron chi connectivity index (χ1n) is 8.17. The third-order valence-corrected chi connectivity index (χ3v) is 4.20. The van der Waals surface area contributed by atoms with E-state index in [4.69, 9.17) is 4.74 Å². The minimum absolute atomic E-state index is 0.442. The molecule has 2 rings (SSSR count). The summed E-state index contributed by atoms with van der Waals surface area (Å²) < 4.78 is 5.04. The minimum Gasteiger partial charge on any atom is -0.423 e. The van der Waals surface area contributed by atoms with Crippen molar-refractivity contribution in [3.63, 3.8) is 0 Å². The van der Waals surface area contributed by atoms with Crippen LogP contribution in [-0.2, 0) is 4.79 Å². The van der Waals surface area contributed by atoms with Crippen LogP contribution in [0.25, 0.3) is 0 Å². The average molecular weight is 296 g/mol. The van der Waals surface area contributed by atoms with Crippen LogP contribution in [0.3, 0.4) is 0 Å². The van der Waals surface area contributed by atoms with Gasteiger partial charge in [-0.1, -0.05) is 38.2 Å². The maximum absolute atomic E-state index is 11.1. The number of hydrogen-bond donors (Lipinski definition) is 0. The molecule has 1 fully saturated rings. The van der Waals surface area contributed by atoms with Crippen molar-refractivity contribution in [1.82, 2.24) is 0 Å². The summed E-state index contributed by atoms with van der Waals surface area (Å²) in [6.45, 7) is 5.64. The van der Waals surface area contributed by atoms with Gasteiger partial charge in [-0.15, -0.1) is 0 Å². The number of rotatable bonds is 4. The van der Waals surface area contributed by atoms with Crippen LogP contribution in [0.4, 0.5) is 0 Å². The maximum atomic E-state index is 11.1. The number of carbonyl (C=O) groups is 1. The van der Waals surface area contributed by atoms with Gasteiger partial charge in [-0.25, -0.2) is 4.79 Å². The van der Waals surface area contributed by atoms with Gasteiger partial charge in [0, 0.05) is 17.6 Å². The fourth-order valence-corrected chi connectivity index (χ4v) is 2.95. The van der Waals surface area contributed by atoms with Crippen LogP contribution in [0, 0.1) is 23.7 Å². The Hall–Kier alpha value is -2.01. The number of ether oxygens (including phenoxy) is 1. The molecular weight excluding hydrogens is 272 g/mol. The Morgan fingerprint density at radius 1 is 1.27 bits per heavy atom. The van der Waals surface area contributed by atoms with Gasteiger partial charge in [0.1, 0.15) is 5.75 Å². The number of esters is 1. The summed E-state index contributed by atoms with van der Waals surface area (Å²) in [7, 11) is 0. The lowest BCUT2D eigenvalue weighted by Gasteiger charge is -2.25. The molecule has 0 bridgehead atoms. The van der Waals surface area contributed by atoms with Gasteiger partial charge in [0.05, 0.1) is 0 Å². The van der Waals surface area contributed by atoms with Crippen LogP contribution in [0.5, 0.6) is 5.75 Å². The van der Waals surface area contributed by atoms with E-state index in [1.54, 1.807) is 12.1 Å². The monoisotopic (exact) mass is 296 g/mol. The largest absolute Gasteiger partial charge is 0.423 e. The van der Waals surface area contributed by atoms with E-state index in [0.29, 0.717) is 11.7 Å². The molecule has 0 unspecified atom stereocenters. The third kappa shape index (κ3) is 5.07. The van der Waals surface area contributed by atoms with E-state index in [2.05, 4.69) is 25.3 Å². The molecule has 0 aromatic heterocycles. The molecule has 0 heterocycles.